The summed E-state index contributed by atoms with van der Waals surface area (Å²) >= 11 is 0. The van der Waals surface area contributed by atoms with Crippen LogP contribution in [0.15, 0.2) is 35.7 Å². The number of aromatic nitrogens is 1. The molecule has 0 saturated heterocycles. The van der Waals surface area contributed by atoms with Crippen LogP contribution in [-0.4, -0.2) is 29.4 Å². The summed E-state index contributed by atoms with van der Waals surface area (Å²) in [5.41, 5.74) is 7.49. The summed E-state index contributed by atoms with van der Waals surface area (Å²) in [5.74, 6) is -1.22. The lowest BCUT2D eigenvalue weighted by atomic mass is 9.85. The van der Waals surface area contributed by atoms with Gasteiger partial charge in [-0.15, -0.1) is 0 Å². The summed E-state index contributed by atoms with van der Waals surface area (Å²) in [4.78, 5) is 6.94. The Bertz CT molecular complexity index is 824. The van der Waals surface area contributed by atoms with Gasteiger partial charge < -0.3 is 4.90 Å². The van der Waals surface area contributed by atoms with Crippen LogP contribution in [0.2, 0.25) is 0 Å². The zero-order valence-electron chi connectivity index (χ0n) is 20.4. The Morgan fingerprint density at radius 2 is 1.84 bits per heavy atom. The van der Waals surface area contributed by atoms with Gasteiger partial charge in [0, 0.05) is 49.5 Å². The molecule has 0 unspecified atom stereocenters. The fourth-order valence-electron chi connectivity index (χ4n) is 4.09. The monoisotopic (exact) mass is 430 g/mol. The molecule has 31 heavy (non-hydrogen) atoms. The number of nitrogens with zero attached hydrogens (tertiary/aromatic N) is 2. The van der Waals surface area contributed by atoms with Crippen LogP contribution >= 0.6 is 0 Å². The molecule has 1 aliphatic heterocycles. The van der Waals surface area contributed by atoms with Crippen molar-refractivity contribution in [1.82, 2.24) is 9.88 Å². The largest absolute Gasteiger partial charge is 0.374 e. The lowest BCUT2D eigenvalue weighted by molar-refractivity contribution is -0.0460. The second-order valence-electron chi connectivity index (χ2n) is 9.58. The van der Waals surface area contributed by atoms with Gasteiger partial charge in [0.15, 0.2) is 0 Å². The number of likely N-dealkylation sites (N-methyl/N-ethyl adjacent to an activating group) is 1. The van der Waals surface area contributed by atoms with E-state index in [1.165, 1.54) is 28.0 Å². The molecular weight excluding hydrogens is 390 g/mol. The van der Waals surface area contributed by atoms with E-state index in [2.05, 4.69) is 82.8 Å². The van der Waals surface area contributed by atoms with Gasteiger partial charge in [-0.1, -0.05) is 44.9 Å². The Labute approximate surface area is 188 Å². The molecule has 0 bridgehead atoms. The average molecular weight is 431 g/mol. The number of aryl methyl sites for hydroxylation is 1. The number of alkyl halides is 2. The number of rotatable bonds is 4. The van der Waals surface area contributed by atoms with Crippen LogP contribution < -0.4 is 0 Å². The standard InChI is InChI=1S/C19H26N2.C8H14F2/c1-13(2)7-8-19-15(4)10-17(11-20-19)18-9-14(3)12-21(6)16(18)5;1-2-7-3-5-8(9,10)6-4-7/h7-11,13H,12H2,1-6H3;7H,2-6H2,1H3/b8-7-;. The third-order valence-electron chi connectivity index (χ3n) is 6.32. The minimum Gasteiger partial charge on any atom is -0.374 e. The molecule has 2 nitrogen and oxygen atoms in total. The molecule has 0 amide bonds. The van der Waals surface area contributed by atoms with E-state index in [9.17, 15) is 8.78 Å². The minimum absolute atomic E-state index is 0.117. The molecule has 1 saturated carbocycles. The molecule has 1 aromatic rings. The predicted molar refractivity (Wildman–Crippen MR) is 129 cm³/mol. The predicted octanol–water partition coefficient (Wildman–Crippen LogP) is 7.90. The number of pyridine rings is 1. The molecule has 1 fully saturated rings. The molecule has 0 spiro atoms. The van der Waals surface area contributed by atoms with Crippen LogP contribution in [0.3, 0.4) is 0 Å². The van der Waals surface area contributed by atoms with Crippen molar-refractivity contribution in [2.24, 2.45) is 11.8 Å². The van der Waals surface area contributed by atoms with Gasteiger partial charge in [-0.25, -0.2) is 8.78 Å². The zero-order chi connectivity index (χ0) is 23.2. The van der Waals surface area contributed by atoms with Gasteiger partial charge in [0.05, 0.1) is 5.69 Å². The first-order valence-electron chi connectivity index (χ1n) is 11.6. The van der Waals surface area contributed by atoms with Crippen molar-refractivity contribution in [3.63, 3.8) is 0 Å². The van der Waals surface area contributed by atoms with Crippen LogP contribution in [0.4, 0.5) is 8.78 Å². The molecular formula is C27H40F2N2. The van der Waals surface area contributed by atoms with Gasteiger partial charge in [-0.2, -0.15) is 0 Å². The molecule has 4 heteroatoms. The highest BCUT2D eigenvalue weighted by Gasteiger charge is 2.33. The topological polar surface area (TPSA) is 16.1 Å². The summed E-state index contributed by atoms with van der Waals surface area (Å²) in [7, 11) is 2.14. The highest BCUT2D eigenvalue weighted by Crippen LogP contribution is 2.37. The number of allylic oxidation sites excluding steroid dienone is 4. The molecule has 172 valence electrons. The van der Waals surface area contributed by atoms with Crippen LogP contribution in [0.5, 0.6) is 0 Å². The smallest absolute Gasteiger partial charge is 0.248 e. The molecule has 1 aromatic heterocycles. The van der Waals surface area contributed by atoms with Crippen LogP contribution in [0.25, 0.3) is 11.6 Å². The van der Waals surface area contributed by atoms with Gasteiger partial charge in [-0.3, -0.25) is 4.98 Å². The van der Waals surface area contributed by atoms with Crippen LogP contribution in [-0.2, 0) is 0 Å². The van der Waals surface area contributed by atoms with Gasteiger partial charge >= 0.3 is 0 Å². The zero-order valence-corrected chi connectivity index (χ0v) is 20.4. The van der Waals surface area contributed by atoms with E-state index in [1.54, 1.807) is 0 Å². The first-order valence-corrected chi connectivity index (χ1v) is 11.6. The molecule has 0 N–H and O–H groups in total. The lowest BCUT2D eigenvalue weighted by Gasteiger charge is -2.27. The maximum Gasteiger partial charge on any atom is 0.248 e. The van der Waals surface area contributed by atoms with Crippen LogP contribution in [0.1, 0.15) is 83.5 Å². The van der Waals surface area contributed by atoms with E-state index >= 15 is 0 Å². The van der Waals surface area contributed by atoms with Gasteiger partial charge in [0.25, 0.3) is 0 Å². The first-order chi connectivity index (χ1) is 14.5. The van der Waals surface area contributed by atoms with Gasteiger partial charge in [-0.05, 0) is 63.2 Å². The van der Waals surface area contributed by atoms with Gasteiger partial charge in [0.1, 0.15) is 0 Å². The van der Waals surface area contributed by atoms with E-state index in [1.807, 2.05) is 6.20 Å². The molecule has 0 radical (unpaired) electrons. The summed E-state index contributed by atoms with van der Waals surface area (Å²) in [6.07, 6.45) is 11.3. The molecule has 0 aromatic carbocycles. The fraction of sp³-hybridized carbons (Fsp3) is 0.593. The summed E-state index contributed by atoms with van der Waals surface area (Å²) in [6.45, 7) is 13.9. The Morgan fingerprint density at radius 3 is 2.39 bits per heavy atom. The van der Waals surface area contributed by atoms with Crippen molar-refractivity contribution >= 4 is 11.6 Å². The second kappa shape index (κ2) is 11.1. The van der Waals surface area contributed by atoms with Crippen LogP contribution in [0, 0.1) is 18.8 Å². The Balaban J connectivity index is 0.000000285. The van der Waals surface area contributed by atoms with Crippen molar-refractivity contribution < 1.29 is 8.78 Å². The van der Waals surface area contributed by atoms with Crippen molar-refractivity contribution in [1.29, 1.82) is 0 Å². The van der Waals surface area contributed by atoms with Crippen molar-refractivity contribution in [2.75, 3.05) is 13.6 Å². The summed E-state index contributed by atoms with van der Waals surface area (Å²) in [5, 5.41) is 0. The van der Waals surface area contributed by atoms with E-state index < -0.39 is 5.92 Å². The highest BCUT2D eigenvalue weighted by molar-refractivity contribution is 5.78. The maximum atomic E-state index is 12.5. The Kier molecular flexibility index (Phi) is 9.02. The first kappa shape index (κ1) is 25.3. The molecule has 1 aliphatic carbocycles. The third kappa shape index (κ3) is 7.59. The fourth-order valence-corrected chi connectivity index (χ4v) is 4.09. The molecule has 2 aliphatic rings. The normalized spacial score (nSPS) is 19.5. The Morgan fingerprint density at radius 1 is 1.19 bits per heavy atom. The second-order valence-corrected chi connectivity index (χ2v) is 9.58. The lowest BCUT2D eigenvalue weighted by Crippen LogP contribution is -2.24. The van der Waals surface area contributed by atoms with E-state index in [0.29, 0.717) is 11.8 Å². The Hall–Kier alpha value is -1.97. The SMILES string of the molecule is CC1=CC(c2cnc(/C=C\C(C)C)c(C)c2)=C(C)N(C)C1.CCC1CCC(F)(F)CC1. The molecule has 0 atom stereocenters. The van der Waals surface area contributed by atoms with Crippen molar-refractivity contribution in [3.05, 3.63) is 52.5 Å². The highest BCUT2D eigenvalue weighted by atomic mass is 19.3. The summed E-state index contributed by atoms with van der Waals surface area (Å²) in [6, 6.07) is 2.24. The van der Waals surface area contributed by atoms with Crippen molar-refractivity contribution in [2.45, 2.75) is 79.6 Å². The molecule has 3 rings (SSSR count). The third-order valence-corrected chi connectivity index (χ3v) is 6.32. The summed E-state index contributed by atoms with van der Waals surface area (Å²) < 4.78 is 25.0. The number of hydrogen-bond acceptors (Lipinski definition) is 2. The maximum absolute atomic E-state index is 12.5. The number of hydrogen-bond donors (Lipinski definition) is 0. The van der Waals surface area contributed by atoms with Crippen molar-refractivity contribution in [3.8, 4) is 0 Å². The average Bonchev–Trinajstić information content (AvgIpc) is 2.70. The van der Waals surface area contributed by atoms with E-state index in [0.717, 1.165) is 31.5 Å². The quantitative estimate of drug-likeness (QED) is 0.482. The number of halogens is 2. The van der Waals surface area contributed by atoms with Gasteiger partial charge in [0.2, 0.25) is 5.92 Å². The van der Waals surface area contributed by atoms with E-state index in [-0.39, 0.29) is 12.8 Å². The minimum atomic E-state index is -2.34. The van der Waals surface area contributed by atoms with E-state index in [4.69, 9.17) is 0 Å². The molecule has 2 heterocycles.